The lowest BCUT2D eigenvalue weighted by Gasteiger charge is -2.13. The summed E-state index contributed by atoms with van der Waals surface area (Å²) in [6.45, 7) is 8.78. The van der Waals surface area contributed by atoms with Crippen molar-refractivity contribution < 1.29 is 0 Å². The van der Waals surface area contributed by atoms with Gasteiger partial charge in [-0.1, -0.05) is 50.6 Å². The maximum Gasteiger partial charge on any atom is 0.0630 e. The van der Waals surface area contributed by atoms with Crippen molar-refractivity contribution in [1.82, 2.24) is 4.57 Å². The third kappa shape index (κ3) is 4.39. The first-order chi connectivity index (χ1) is 13.1. The minimum absolute atomic E-state index is 1.01. The summed E-state index contributed by atoms with van der Waals surface area (Å²) >= 11 is 0. The van der Waals surface area contributed by atoms with Gasteiger partial charge in [0.2, 0.25) is 0 Å². The summed E-state index contributed by atoms with van der Waals surface area (Å²) in [6.07, 6.45) is 6.65. The van der Waals surface area contributed by atoms with Crippen LogP contribution < -0.4 is 0 Å². The van der Waals surface area contributed by atoms with Crippen LogP contribution in [0, 0.1) is 13.8 Å². The van der Waals surface area contributed by atoms with E-state index in [2.05, 4.69) is 86.9 Å². The van der Waals surface area contributed by atoms with Crippen molar-refractivity contribution in [2.24, 2.45) is 4.99 Å². The van der Waals surface area contributed by atoms with Crippen molar-refractivity contribution in [3.05, 3.63) is 82.7 Å². The summed E-state index contributed by atoms with van der Waals surface area (Å²) in [7, 11) is 0. The van der Waals surface area contributed by atoms with Crippen LogP contribution in [0.25, 0.3) is 5.69 Å². The van der Waals surface area contributed by atoms with Crippen LogP contribution >= 0.6 is 0 Å². The Bertz CT molecular complexity index is 914. The molecule has 0 atom stereocenters. The second-order valence-electron chi connectivity index (χ2n) is 7.17. The fourth-order valence-electron chi connectivity index (χ4n) is 3.59. The largest absolute Gasteiger partial charge is 0.318 e. The van der Waals surface area contributed by atoms with Crippen LogP contribution in [-0.4, -0.2) is 10.8 Å². The van der Waals surface area contributed by atoms with Gasteiger partial charge >= 0.3 is 0 Å². The highest BCUT2D eigenvalue weighted by atomic mass is 15.0. The zero-order valence-corrected chi connectivity index (χ0v) is 17.0. The standard InChI is InChI=1S/C25H30N2/c1-5-7-10-21-13-15-24(16-14-21)26-18-23-17-19(3)27(20(23)4)25-12-9-8-11-22(25)6-2/h8-9,11-18H,5-7,10H2,1-4H3. The molecule has 3 rings (SSSR count). The molecule has 1 heterocycles. The maximum atomic E-state index is 4.71. The molecule has 0 fully saturated rings. The number of aliphatic imine (C=N–C) groups is 1. The first-order valence-electron chi connectivity index (χ1n) is 10.0. The topological polar surface area (TPSA) is 17.3 Å². The Morgan fingerprint density at radius 3 is 2.41 bits per heavy atom. The number of aryl methyl sites for hydroxylation is 3. The Labute approximate surface area is 163 Å². The summed E-state index contributed by atoms with van der Waals surface area (Å²) in [5.74, 6) is 0. The number of unbranched alkanes of at least 4 members (excludes halogenated alkanes) is 1. The molecule has 0 saturated heterocycles. The molecular formula is C25H30N2. The van der Waals surface area contributed by atoms with Crippen LogP contribution in [0.4, 0.5) is 5.69 Å². The second kappa shape index (κ2) is 8.85. The van der Waals surface area contributed by atoms with E-state index in [1.165, 1.54) is 46.6 Å². The minimum Gasteiger partial charge on any atom is -0.318 e. The molecule has 1 aromatic heterocycles. The zero-order valence-electron chi connectivity index (χ0n) is 17.0. The number of para-hydroxylation sites is 1. The summed E-state index contributed by atoms with van der Waals surface area (Å²) in [6, 6.07) is 19.5. The van der Waals surface area contributed by atoms with Crippen molar-refractivity contribution >= 4 is 11.9 Å². The van der Waals surface area contributed by atoms with Gasteiger partial charge in [0.1, 0.15) is 0 Å². The second-order valence-corrected chi connectivity index (χ2v) is 7.17. The Hall–Kier alpha value is -2.61. The molecule has 0 unspecified atom stereocenters. The number of hydrogen-bond donors (Lipinski definition) is 0. The Balaban J connectivity index is 1.85. The predicted molar refractivity (Wildman–Crippen MR) is 117 cm³/mol. The summed E-state index contributed by atoms with van der Waals surface area (Å²) in [5, 5.41) is 0. The van der Waals surface area contributed by atoms with Crippen molar-refractivity contribution in [1.29, 1.82) is 0 Å². The quantitative estimate of drug-likeness (QED) is 0.416. The first-order valence-corrected chi connectivity index (χ1v) is 10.0. The highest BCUT2D eigenvalue weighted by Crippen LogP contribution is 2.24. The SMILES string of the molecule is CCCCc1ccc(N=Cc2cc(C)n(-c3ccccc3CC)c2C)cc1. The molecule has 0 N–H and O–H groups in total. The predicted octanol–water partition coefficient (Wildman–Crippen LogP) is 6.75. The molecule has 2 heteroatoms. The minimum atomic E-state index is 1.01. The first kappa shape index (κ1) is 19.2. The van der Waals surface area contributed by atoms with Gasteiger partial charge in [-0.3, -0.25) is 4.99 Å². The van der Waals surface area contributed by atoms with E-state index in [0.29, 0.717) is 0 Å². The Kier molecular flexibility index (Phi) is 6.28. The molecule has 2 aromatic carbocycles. The Morgan fingerprint density at radius 2 is 1.70 bits per heavy atom. The zero-order chi connectivity index (χ0) is 19.2. The van der Waals surface area contributed by atoms with Gasteiger partial charge < -0.3 is 4.57 Å². The molecule has 3 aromatic rings. The van der Waals surface area contributed by atoms with Gasteiger partial charge in [-0.15, -0.1) is 0 Å². The van der Waals surface area contributed by atoms with E-state index in [9.17, 15) is 0 Å². The number of benzene rings is 2. The molecule has 0 aliphatic carbocycles. The van der Waals surface area contributed by atoms with Gasteiger partial charge in [-0.2, -0.15) is 0 Å². The summed E-state index contributed by atoms with van der Waals surface area (Å²) in [4.78, 5) is 4.71. The van der Waals surface area contributed by atoms with Gasteiger partial charge in [-0.25, -0.2) is 0 Å². The van der Waals surface area contributed by atoms with Crippen LogP contribution in [-0.2, 0) is 12.8 Å². The van der Waals surface area contributed by atoms with Gasteiger partial charge in [0.05, 0.1) is 5.69 Å². The lowest BCUT2D eigenvalue weighted by atomic mass is 10.1. The van der Waals surface area contributed by atoms with Crippen LogP contribution in [0.2, 0.25) is 0 Å². The van der Waals surface area contributed by atoms with Crippen LogP contribution in [0.3, 0.4) is 0 Å². The van der Waals surface area contributed by atoms with Gasteiger partial charge in [0.15, 0.2) is 0 Å². The molecule has 0 amide bonds. The molecule has 0 saturated carbocycles. The van der Waals surface area contributed by atoms with E-state index in [4.69, 9.17) is 4.99 Å². The highest BCUT2D eigenvalue weighted by molar-refractivity contribution is 5.84. The number of rotatable bonds is 7. The van der Waals surface area contributed by atoms with E-state index in [1.54, 1.807) is 0 Å². The van der Waals surface area contributed by atoms with E-state index < -0.39 is 0 Å². The van der Waals surface area contributed by atoms with E-state index in [0.717, 1.165) is 18.5 Å². The van der Waals surface area contributed by atoms with Crippen LogP contribution in [0.15, 0.2) is 59.6 Å². The van der Waals surface area contributed by atoms with Gasteiger partial charge in [-0.05, 0) is 68.5 Å². The molecule has 27 heavy (non-hydrogen) atoms. The average molecular weight is 359 g/mol. The molecular weight excluding hydrogens is 328 g/mol. The molecule has 140 valence electrons. The molecule has 0 bridgehead atoms. The van der Waals surface area contributed by atoms with Crippen molar-refractivity contribution in [2.45, 2.75) is 53.4 Å². The number of aromatic nitrogens is 1. The van der Waals surface area contributed by atoms with E-state index in [-0.39, 0.29) is 0 Å². The van der Waals surface area contributed by atoms with E-state index in [1.807, 2.05) is 6.21 Å². The molecule has 0 radical (unpaired) electrons. The van der Waals surface area contributed by atoms with Crippen molar-refractivity contribution in [3.63, 3.8) is 0 Å². The summed E-state index contributed by atoms with van der Waals surface area (Å²) < 4.78 is 2.34. The third-order valence-electron chi connectivity index (χ3n) is 5.19. The lowest BCUT2D eigenvalue weighted by Crippen LogP contribution is -2.03. The summed E-state index contributed by atoms with van der Waals surface area (Å²) in [5.41, 5.74) is 8.69. The highest BCUT2D eigenvalue weighted by Gasteiger charge is 2.11. The number of nitrogens with zero attached hydrogens (tertiary/aromatic N) is 2. The maximum absolute atomic E-state index is 4.71. The monoisotopic (exact) mass is 358 g/mol. The van der Waals surface area contributed by atoms with Gasteiger partial charge in [0, 0.05) is 28.9 Å². The smallest absolute Gasteiger partial charge is 0.0630 e. The van der Waals surface area contributed by atoms with Crippen LogP contribution in [0.1, 0.15) is 54.8 Å². The van der Waals surface area contributed by atoms with Crippen LogP contribution in [0.5, 0.6) is 0 Å². The normalized spacial score (nSPS) is 11.4. The molecule has 0 aliphatic rings. The molecule has 0 spiro atoms. The lowest BCUT2D eigenvalue weighted by molar-refractivity contribution is 0.795. The average Bonchev–Trinajstić information content (AvgIpc) is 2.98. The van der Waals surface area contributed by atoms with Crippen molar-refractivity contribution in [2.75, 3.05) is 0 Å². The fourth-order valence-corrected chi connectivity index (χ4v) is 3.59. The van der Waals surface area contributed by atoms with E-state index >= 15 is 0 Å². The third-order valence-corrected chi connectivity index (χ3v) is 5.19. The molecule has 2 nitrogen and oxygen atoms in total. The number of hydrogen-bond acceptors (Lipinski definition) is 1. The molecule has 0 aliphatic heterocycles. The fraction of sp³-hybridized carbons (Fsp3) is 0.320. The van der Waals surface area contributed by atoms with Crippen molar-refractivity contribution in [3.8, 4) is 5.69 Å². The Morgan fingerprint density at radius 1 is 0.963 bits per heavy atom. The van der Waals surface area contributed by atoms with Gasteiger partial charge in [0.25, 0.3) is 0 Å².